The molecule has 0 spiro atoms. The zero-order valence-electron chi connectivity index (χ0n) is 18.5. The molecule has 166 valence electrons. The van der Waals surface area contributed by atoms with Crippen LogP contribution in [0, 0.1) is 6.92 Å². The van der Waals surface area contributed by atoms with Crippen LogP contribution in [0.15, 0.2) is 70.7 Å². The maximum atomic E-state index is 12.8. The molecular formula is C25H27N3O4. The molecule has 1 amide bonds. The number of aryl methyl sites for hydroxylation is 1. The number of benzene rings is 2. The van der Waals surface area contributed by atoms with Crippen LogP contribution in [0.25, 0.3) is 0 Å². The maximum Gasteiger partial charge on any atom is 0.276 e. The molecule has 0 aliphatic carbocycles. The highest BCUT2D eigenvalue weighted by Crippen LogP contribution is 2.24. The Kier molecular flexibility index (Phi) is 7.80. The van der Waals surface area contributed by atoms with Crippen molar-refractivity contribution in [1.82, 2.24) is 9.99 Å². The van der Waals surface area contributed by atoms with E-state index in [1.807, 2.05) is 45.0 Å². The van der Waals surface area contributed by atoms with E-state index in [9.17, 15) is 9.59 Å². The van der Waals surface area contributed by atoms with E-state index in [0.717, 1.165) is 11.1 Å². The fraction of sp³-hybridized carbons (Fsp3) is 0.240. The monoisotopic (exact) mass is 433 g/mol. The van der Waals surface area contributed by atoms with Crippen molar-refractivity contribution < 1.29 is 14.3 Å². The zero-order valence-corrected chi connectivity index (χ0v) is 18.5. The summed E-state index contributed by atoms with van der Waals surface area (Å²) in [5.74, 6) is 0.709. The van der Waals surface area contributed by atoms with Crippen molar-refractivity contribution in [3.63, 3.8) is 0 Å². The molecule has 0 unspecified atom stereocenters. The lowest BCUT2D eigenvalue weighted by Gasteiger charge is -2.10. The fourth-order valence-electron chi connectivity index (χ4n) is 3.10. The first-order valence-corrected chi connectivity index (χ1v) is 10.5. The van der Waals surface area contributed by atoms with Crippen molar-refractivity contribution in [3.05, 3.63) is 93.4 Å². The van der Waals surface area contributed by atoms with Gasteiger partial charge in [-0.2, -0.15) is 5.10 Å². The van der Waals surface area contributed by atoms with Gasteiger partial charge in [0.05, 0.1) is 26.0 Å². The SMILES string of the molecule is CCOc1ccc(/C=N\NC(=O)c2cccn(Cc3ccc(C)cc3)c2=O)c(OCC)c1. The van der Waals surface area contributed by atoms with Crippen LogP contribution >= 0.6 is 0 Å². The molecule has 1 heterocycles. The fourth-order valence-corrected chi connectivity index (χ4v) is 3.10. The average molecular weight is 434 g/mol. The van der Waals surface area contributed by atoms with Gasteiger partial charge in [-0.15, -0.1) is 0 Å². The van der Waals surface area contributed by atoms with Crippen LogP contribution in [0.4, 0.5) is 0 Å². The largest absolute Gasteiger partial charge is 0.494 e. The second kappa shape index (κ2) is 10.9. The van der Waals surface area contributed by atoms with E-state index in [1.165, 1.54) is 16.8 Å². The molecule has 3 rings (SSSR count). The molecule has 2 aromatic carbocycles. The van der Waals surface area contributed by atoms with Gasteiger partial charge in [0.2, 0.25) is 0 Å². The zero-order chi connectivity index (χ0) is 22.9. The molecular weight excluding hydrogens is 406 g/mol. The Morgan fingerprint density at radius 2 is 1.81 bits per heavy atom. The summed E-state index contributed by atoms with van der Waals surface area (Å²) < 4.78 is 12.6. The molecule has 0 bridgehead atoms. The highest BCUT2D eigenvalue weighted by atomic mass is 16.5. The number of carbonyl (C=O) groups is 1. The Hall–Kier alpha value is -3.87. The minimum absolute atomic E-state index is 0.0217. The number of hydrogen-bond donors (Lipinski definition) is 1. The van der Waals surface area contributed by atoms with Gasteiger partial charge in [0.1, 0.15) is 17.1 Å². The highest BCUT2D eigenvalue weighted by Gasteiger charge is 2.12. The molecule has 7 heteroatoms. The number of rotatable bonds is 9. The quantitative estimate of drug-likeness (QED) is 0.411. The predicted molar refractivity (Wildman–Crippen MR) is 125 cm³/mol. The van der Waals surface area contributed by atoms with Crippen LogP contribution in [0.5, 0.6) is 11.5 Å². The van der Waals surface area contributed by atoms with Gasteiger partial charge in [0.25, 0.3) is 11.5 Å². The van der Waals surface area contributed by atoms with Crippen molar-refractivity contribution in [3.8, 4) is 11.5 Å². The number of hydrazone groups is 1. The Balaban J connectivity index is 1.73. The molecule has 32 heavy (non-hydrogen) atoms. The van der Waals surface area contributed by atoms with Crippen LogP contribution in [0.3, 0.4) is 0 Å². The van der Waals surface area contributed by atoms with Crippen LogP contribution in [0.1, 0.15) is 40.9 Å². The van der Waals surface area contributed by atoms with Crippen LogP contribution in [-0.2, 0) is 6.54 Å². The van der Waals surface area contributed by atoms with E-state index in [4.69, 9.17) is 9.47 Å². The molecule has 7 nitrogen and oxygen atoms in total. The molecule has 3 aromatic rings. The van der Waals surface area contributed by atoms with Gasteiger partial charge in [-0.3, -0.25) is 9.59 Å². The van der Waals surface area contributed by atoms with Crippen LogP contribution in [-0.4, -0.2) is 29.9 Å². The van der Waals surface area contributed by atoms with E-state index in [2.05, 4.69) is 10.5 Å². The third-order valence-electron chi connectivity index (χ3n) is 4.70. The topological polar surface area (TPSA) is 81.9 Å². The third kappa shape index (κ3) is 5.85. The van der Waals surface area contributed by atoms with Crippen molar-refractivity contribution in [1.29, 1.82) is 0 Å². The smallest absolute Gasteiger partial charge is 0.276 e. The van der Waals surface area contributed by atoms with Crippen molar-refractivity contribution in [2.75, 3.05) is 13.2 Å². The van der Waals surface area contributed by atoms with E-state index >= 15 is 0 Å². The van der Waals surface area contributed by atoms with Gasteiger partial charge in [-0.1, -0.05) is 29.8 Å². The standard InChI is InChI=1S/C25H27N3O4/c1-4-31-21-13-12-20(23(15-21)32-5-2)16-26-27-24(29)22-7-6-14-28(25(22)30)17-19-10-8-18(3)9-11-19/h6-16H,4-5,17H2,1-3H3,(H,27,29)/b26-16-. The second-order valence-corrected chi connectivity index (χ2v) is 7.11. The molecule has 0 aliphatic rings. The summed E-state index contributed by atoms with van der Waals surface area (Å²) in [5, 5.41) is 4.01. The number of ether oxygens (including phenoxy) is 2. The summed E-state index contributed by atoms with van der Waals surface area (Å²) in [6.07, 6.45) is 3.14. The number of amides is 1. The molecule has 1 N–H and O–H groups in total. The molecule has 0 fully saturated rings. The summed E-state index contributed by atoms with van der Waals surface area (Å²) in [7, 11) is 0. The first-order chi connectivity index (χ1) is 15.5. The Labute approximate surface area is 187 Å². The van der Waals surface area contributed by atoms with E-state index < -0.39 is 5.91 Å². The number of aromatic nitrogens is 1. The Morgan fingerprint density at radius 1 is 1.06 bits per heavy atom. The summed E-state index contributed by atoms with van der Waals surface area (Å²) >= 11 is 0. The summed E-state index contributed by atoms with van der Waals surface area (Å²) in [5.41, 5.74) is 4.88. The number of hydrogen-bond acceptors (Lipinski definition) is 5. The number of carbonyl (C=O) groups excluding carboxylic acids is 1. The average Bonchev–Trinajstić information content (AvgIpc) is 2.78. The summed E-state index contributed by atoms with van der Waals surface area (Å²) in [6, 6.07) is 16.4. The van der Waals surface area contributed by atoms with Gasteiger partial charge < -0.3 is 14.0 Å². The third-order valence-corrected chi connectivity index (χ3v) is 4.70. The van der Waals surface area contributed by atoms with E-state index in [-0.39, 0.29) is 11.1 Å². The minimum Gasteiger partial charge on any atom is -0.494 e. The maximum absolute atomic E-state index is 12.8. The lowest BCUT2D eigenvalue weighted by molar-refractivity contribution is 0.0953. The molecule has 0 radical (unpaired) electrons. The normalized spacial score (nSPS) is 10.8. The molecule has 1 aromatic heterocycles. The summed E-state index contributed by atoms with van der Waals surface area (Å²) in [4.78, 5) is 25.3. The van der Waals surface area contributed by atoms with E-state index in [1.54, 1.807) is 30.5 Å². The van der Waals surface area contributed by atoms with Gasteiger partial charge in [0.15, 0.2) is 0 Å². The Bertz CT molecular complexity index is 1150. The molecule has 0 saturated carbocycles. The van der Waals surface area contributed by atoms with Crippen molar-refractivity contribution in [2.24, 2.45) is 5.10 Å². The van der Waals surface area contributed by atoms with Crippen LogP contribution in [0.2, 0.25) is 0 Å². The summed E-state index contributed by atoms with van der Waals surface area (Å²) in [6.45, 7) is 7.21. The number of pyridine rings is 1. The predicted octanol–water partition coefficient (Wildman–Crippen LogP) is 3.77. The second-order valence-electron chi connectivity index (χ2n) is 7.11. The Morgan fingerprint density at radius 3 is 2.53 bits per heavy atom. The van der Waals surface area contributed by atoms with Crippen molar-refractivity contribution in [2.45, 2.75) is 27.3 Å². The lowest BCUT2D eigenvalue weighted by Crippen LogP contribution is -2.30. The minimum atomic E-state index is -0.576. The van der Waals surface area contributed by atoms with Gasteiger partial charge in [-0.05, 0) is 50.6 Å². The molecule has 0 aliphatic heterocycles. The molecule has 0 atom stereocenters. The lowest BCUT2D eigenvalue weighted by atomic mass is 10.1. The van der Waals surface area contributed by atoms with Gasteiger partial charge in [-0.25, -0.2) is 5.43 Å². The highest BCUT2D eigenvalue weighted by molar-refractivity contribution is 5.94. The number of nitrogens with one attached hydrogen (secondary N) is 1. The van der Waals surface area contributed by atoms with E-state index in [0.29, 0.717) is 36.8 Å². The van der Waals surface area contributed by atoms with Gasteiger partial charge in [0, 0.05) is 17.8 Å². The first-order valence-electron chi connectivity index (χ1n) is 10.5. The van der Waals surface area contributed by atoms with Crippen molar-refractivity contribution >= 4 is 12.1 Å². The molecule has 0 saturated heterocycles. The first kappa shape index (κ1) is 22.8. The van der Waals surface area contributed by atoms with Crippen LogP contribution < -0.4 is 20.5 Å². The van der Waals surface area contributed by atoms with Gasteiger partial charge >= 0.3 is 0 Å². The number of nitrogens with zero attached hydrogens (tertiary/aromatic N) is 2.